The Hall–Kier alpha value is -3.06. The molecule has 7 heteroatoms. The Morgan fingerprint density at radius 1 is 1.16 bits per heavy atom. The quantitative estimate of drug-likeness (QED) is 0.534. The summed E-state index contributed by atoms with van der Waals surface area (Å²) >= 11 is 0. The summed E-state index contributed by atoms with van der Waals surface area (Å²) in [5, 5.41) is 0. The molecule has 0 bridgehead atoms. The van der Waals surface area contributed by atoms with Gasteiger partial charge in [-0.05, 0) is 50.1 Å². The number of rotatable bonds is 7. The summed E-state index contributed by atoms with van der Waals surface area (Å²) in [5.41, 5.74) is 1.50. The van der Waals surface area contributed by atoms with Gasteiger partial charge in [0.2, 0.25) is 11.8 Å². The van der Waals surface area contributed by atoms with E-state index in [1.54, 1.807) is 36.5 Å². The van der Waals surface area contributed by atoms with E-state index in [-0.39, 0.29) is 30.1 Å². The first kappa shape index (κ1) is 22.1. The maximum absolute atomic E-state index is 13.9. The van der Waals surface area contributed by atoms with Crippen molar-refractivity contribution < 1.29 is 18.0 Å². The van der Waals surface area contributed by atoms with Crippen LogP contribution in [0.15, 0.2) is 59.1 Å². The van der Waals surface area contributed by atoms with Gasteiger partial charge >= 0.3 is 0 Å². The zero-order chi connectivity index (χ0) is 22.5. The van der Waals surface area contributed by atoms with Crippen LogP contribution >= 0.6 is 0 Å². The number of aromatic nitrogens is 1. The van der Waals surface area contributed by atoms with Crippen molar-refractivity contribution in [1.82, 2.24) is 14.8 Å². The molecule has 32 heavy (non-hydrogen) atoms. The Balaban J connectivity index is 1.41. The fraction of sp³-hybridized carbons (Fsp3) is 0.360. The van der Waals surface area contributed by atoms with E-state index in [1.165, 1.54) is 18.2 Å². The summed E-state index contributed by atoms with van der Waals surface area (Å²) < 4.78 is 33.1. The van der Waals surface area contributed by atoms with Gasteiger partial charge in [0.05, 0.1) is 12.7 Å². The highest BCUT2D eigenvalue weighted by atomic mass is 19.1. The first-order chi connectivity index (χ1) is 15.5. The van der Waals surface area contributed by atoms with E-state index in [0.29, 0.717) is 36.7 Å². The van der Waals surface area contributed by atoms with Gasteiger partial charge in [0.15, 0.2) is 0 Å². The van der Waals surface area contributed by atoms with Crippen molar-refractivity contribution >= 4 is 5.91 Å². The average molecular weight is 440 g/mol. The third kappa shape index (κ3) is 5.40. The molecule has 2 aromatic carbocycles. The fourth-order valence-electron chi connectivity index (χ4n) is 4.14. The van der Waals surface area contributed by atoms with Crippen LogP contribution in [-0.4, -0.2) is 40.8 Å². The number of carbonyl (C=O) groups is 1. The van der Waals surface area contributed by atoms with Crippen LogP contribution in [0.5, 0.6) is 0 Å². The van der Waals surface area contributed by atoms with Crippen LogP contribution in [0.1, 0.15) is 48.1 Å². The maximum atomic E-state index is 13.9. The minimum absolute atomic E-state index is 0.0215. The first-order valence-electron chi connectivity index (χ1n) is 10.9. The van der Waals surface area contributed by atoms with Crippen LogP contribution in [0.25, 0.3) is 0 Å². The van der Waals surface area contributed by atoms with Crippen LogP contribution in [0.2, 0.25) is 0 Å². The molecular formula is C25H27F2N3O2. The fourth-order valence-corrected chi connectivity index (χ4v) is 4.14. The van der Waals surface area contributed by atoms with E-state index < -0.39 is 0 Å². The molecule has 1 saturated heterocycles. The van der Waals surface area contributed by atoms with E-state index in [4.69, 9.17) is 4.42 Å². The lowest BCUT2D eigenvalue weighted by Gasteiger charge is -2.35. The zero-order valence-electron chi connectivity index (χ0n) is 18.1. The molecule has 0 N–H and O–H groups in total. The topological polar surface area (TPSA) is 49.6 Å². The molecule has 5 nitrogen and oxygen atoms in total. The van der Waals surface area contributed by atoms with Crippen molar-refractivity contribution in [1.29, 1.82) is 0 Å². The van der Waals surface area contributed by atoms with E-state index in [9.17, 15) is 13.6 Å². The van der Waals surface area contributed by atoms with Crippen molar-refractivity contribution in [3.8, 4) is 0 Å². The molecule has 4 rings (SSSR count). The third-order valence-corrected chi connectivity index (χ3v) is 5.77. The molecule has 0 saturated carbocycles. The Morgan fingerprint density at radius 2 is 1.94 bits per heavy atom. The minimum Gasteiger partial charge on any atom is -0.443 e. The van der Waals surface area contributed by atoms with Crippen LogP contribution in [0.4, 0.5) is 8.78 Å². The summed E-state index contributed by atoms with van der Waals surface area (Å²) in [6.07, 6.45) is 4.91. The first-order valence-corrected chi connectivity index (χ1v) is 10.9. The van der Waals surface area contributed by atoms with Crippen LogP contribution in [0.3, 0.4) is 0 Å². The molecule has 0 aliphatic carbocycles. The van der Waals surface area contributed by atoms with Gasteiger partial charge in [0.1, 0.15) is 23.4 Å². The molecule has 1 amide bonds. The molecule has 0 spiro atoms. The van der Waals surface area contributed by atoms with Gasteiger partial charge in [0.25, 0.3) is 0 Å². The van der Waals surface area contributed by atoms with Crippen LogP contribution in [0, 0.1) is 11.6 Å². The number of likely N-dealkylation sites (N-methyl/N-ethyl adjacent to an activating group) is 1. The number of oxazole rings is 1. The SMILES string of the molecule is CN(CC(=O)N1CCCCC1c1ncc(Cc2ccc(F)cc2)o1)Cc1ccccc1F. The summed E-state index contributed by atoms with van der Waals surface area (Å²) in [4.78, 5) is 21.2. The normalized spacial score (nSPS) is 16.5. The van der Waals surface area contributed by atoms with Crippen molar-refractivity contribution in [2.24, 2.45) is 0 Å². The summed E-state index contributed by atoms with van der Waals surface area (Å²) in [6.45, 7) is 1.19. The molecule has 1 aliphatic heterocycles. The number of piperidine rings is 1. The minimum atomic E-state index is -0.275. The molecule has 168 valence electrons. The molecule has 0 radical (unpaired) electrons. The van der Waals surface area contributed by atoms with Gasteiger partial charge in [-0.3, -0.25) is 9.69 Å². The van der Waals surface area contributed by atoms with Gasteiger partial charge in [0, 0.05) is 25.1 Å². The van der Waals surface area contributed by atoms with E-state index in [0.717, 1.165) is 24.8 Å². The van der Waals surface area contributed by atoms with E-state index >= 15 is 0 Å². The van der Waals surface area contributed by atoms with Gasteiger partial charge in [-0.15, -0.1) is 0 Å². The number of amides is 1. The number of hydrogen-bond acceptors (Lipinski definition) is 4. The highest BCUT2D eigenvalue weighted by Crippen LogP contribution is 2.31. The number of nitrogens with zero attached hydrogens (tertiary/aromatic N) is 3. The largest absolute Gasteiger partial charge is 0.443 e. The standard InChI is InChI=1S/C25H27F2N3O2/c1-29(16-19-6-2-3-7-22(19)27)17-24(31)30-13-5-4-8-23(30)25-28-15-21(32-25)14-18-9-11-20(26)12-10-18/h2-3,6-7,9-12,15,23H,4-5,8,13-14,16-17H2,1H3. The Morgan fingerprint density at radius 3 is 2.72 bits per heavy atom. The summed E-state index contributed by atoms with van der Waals surface area (Å²) in [7, 11) is 1.81. The Labute approximate surface area is 186 Å². The predicted molar refractivity (Wildman–Crippen MR) is 117 cm³/mol. The lowest BCUT2D eigenvalue weighted by molar-refractivity contribution is -0.136. The Kier molecular flexibility index (Phi) is 6.95. The van der Waals surface area contributed by atoms with Crippen molar-refractivity contribution in [2.75, 3.05) is 20.1 Å². The molecule has 1 aliphatic rings. The molecular weight excluding hydrogens is 412 g/mol. The molecule has 1 unspecified atom stereocenters. The average Bonchev–Trinajstić information content (AvgIpc) is 3.25. The number of likely N-dealkylation sites (tertiary alicyclic amines) is 1. The van der Waals surface area contributed by atoms with Gasteiger partial charge < -0.3 is 9.32 Å². The highest BCUT2D eigenvalue weighted by Gasteiger charge is 2.31. The second kappa shape index (κ2) is 10.0. The third-order valence-electron chi connectivity index (χ3n) is 5.77. The summed E-state index contributed by atoms with van der Waals surface area (Å²) in [6, 6.07) is 12.7. The Bertz CT molecular complexity index is 1050. The highest BCUT2D eigenvalue weighted by molar-refractivity contribution is 5.78. The lowest BCUT2D eigenvalue weighted by atomic mass is 10.0. The zero-order valence-corrected chi connectivity index (χ0v) is 18.1. The maximum Gasteiger partial charge on any atom is 0.237 e. The smallest absolute Gasteiger partial charge is 0.237 e. The van der Waals surface area contributed by atoms with Crippen LogP contribution < -0.4 is 0 Å². The molecule has 3 aromatic rings. The van der Waals surface area contributed by atoms with Crippen molar-refractivity contribution in [2.45, 2.75) is 38.3 Å². The number of carbonyl (C=O) groups excluding carboxylic acids is 1. The van der Waals surface area contributed by atoms with Gasteiger partial charge in [-0.1, -0.05) is 30.3 Å². The van der Waals surface area contributed by atoms with Crippen molar-refractivity contribution in [3.05, 3.63) is 89.1 Å². The van der Waals surface area contributed by atoms with Crippen LogP contribution in [-0.2, 0) is 17.8 Å². The van der Waals surface area contributed by atoms with Gasteiger partial charge in [-0.25, -0.2) is 13.8 Å². The molecule has 1 atom stereocenters. The van der Waals surface area contributed by atoms with Crippen molar-refractivity contribution in [3.63, 3.8) is 0 Å². The monoisotopic (exact) mass is 439 g/mol. The number of benzene rings is 2. The lowest BCUT2D eigenvalue weighted by Crippen LogP contribution is -2.43. The summed E-state index contributed by atoms with van der Waals surface area (Å²) in [5.74, 6) is 0.652. The number of hydrogen-bond donors (Lipinski definition) is 0. The molecule has 2 heterocycles. The molecule has 1 fully saturated rings. The second-order valence-corrected chi connectivity index (χ2v) is 8.33. The number of halogens is 2. The molecule has 1 aromatic heterocycles. The second-order valence-electron chi connectivity index (χ2n) is 8.33. The predicted octanol–water partition coefficient (Wildman–Crippen LogP) is 4.73. The van der Waals surface area contributed by atoms with Gasteiger partial charge in [-0.2, -0.15) is 0 Å². The van der Waals surface area contributed by atoms with E-state index in [1.807, 2.05) is 16.8 Å². The van der Waals surface area contributed by atoms with E-state index in [2.05, 4.69) is 4.98 Å².